The lowest BCUT2D eigenvalue weighted by Gasteiger charge is -2.02. The molecule has 0 aliphatic heterocycles. The number of fused-ring (bicyclic) bond motifs is 1. The summed E-state index contributed by atoms with van der Waals surface area (Å²) >= 11 is 0. The molecular formula is C13H11N. The molecule has 0 N–H and O–H groups in total. The average Bonchev–Trinajstić information content (AvgIpc) is 2.58. The number of aromatic nitrogens is 1. The molecule has 0 unspecified atom stereocenters. The first-order valence-corrected chi connectivity index (χ1v) is 4.52. The van der Waals surface area contributed by atoms with E-state index in [0.717, 1.165) is 12.2 Å². The second-order valence-electron chi connectivity index (χ2n) is 3.13. The third-order valence-electron chi connectivity index (χ3n) is 2.27. The standard InChI is InChI=1S/C13H11N/c1-3-9-14-12(4-2)10-11-7-5-6-8-13(11)14/h2-3,5-8,10H,1,9H2. The topological polar surface area (TPSA) is 4.93 Å². The summed E-state index contributed by atoms with van der Waals surface area (Å²) in [6.07, 6.45) is 7.29. The number of hydrogen-bond acceptors (Lipinski definition) is 0. The molecule has 2 rings (SSSR count). The quantitative estimate of drug-likeness (QED) is 0.496. The zero-order valence-corrected chi connectivity index (χ0v) is 7.90. The van der Waals surface area contributed by atoms with Crippen LogP contribution < -0.4 is 0 Å². The highest BCUT2D eigenvalue weighted by atomic mass is 15.0. The van der Waals surface area contributed by atoms with Crippen LogP contribution in [0, 0.1) is 12.3 Å². The van der Waals surface area contributed by atoms with Gasteiger partial charge in [0, 0.05) is 17.4 Å². The van der Waals surface area contributed by atoms with Crippen LogP contribution in [0.2, 0.25) is 0 Å². The van der Waals surface area contributed by atoms with Crippen LogP contribution in [-0.2, 0) is 6.54 Å². The Bertz CT molecular complexity index is 512. The molecule has 1 aromatic heterocycles. The van der Waals surface area contributed by atoms with Gasteiger partial charge in [-0.15, -0.1) is 13.0 Å². The Morgan fingerprint density at radius 2 is 2.21 bits per heavy atom. The van der Waals surface area contributed by atoms with E-state index in [4.69, 9.17) is 6.42 Å². The van der Waals surface area contributed by atoms with E-state index in [0.29, 0.717) is 0 Å². The van der Waals surface area contributed by atoms with E-state index in [1.54, 1.807) is 0 Å². The van der Waals surface area contributed by atoms with Gasteiger partial charge in [0.15, 0.2) is 0 Å². The summed E-state index contributed by atoms with van der Waals surface area (Å²) in [5.41, 5.74) is 2.08. The normalized spacial score (nSPS) is 9.93. The average molecular weight is 181 g/mol. The Labute approximate surface area is 83.7 Å². The fourth-order valence-electron chi connectivity index (χ4n) is 1.66. The third kappa shape index (κ3) is 1.22. The van der Waals surface area contributed by atoms with Crippen molar-refractivity contribution in [2.24, 2.45) is 0 Å². The lowest BCUT2D eigenvalue weighted by atomic mass is 10.2. The van der Waals surface area contributed by atoms with Crippen LogP contribution in [0.4, 0.5) is 0 Å². The number of nitrogens with zero attached hydrogens (tertiary/aromatic N) is 1. The van der Waals surface area contributed by atoms with Crippen molar-refractivity contribution in [2.45, 2.75) is 6.54 Å². The fourth-order valence-corrected chi connectivity index (χ4v) is 1.66. The van der Waals surface area contributed by atoms with Gasteiger partial charge in [-0.2, -0.15) is 0 Å². The Balaban J connectivity index is 2.75. The number of rotatable bonds is 2. The summed E-state index contributed by atoms with van der Waals surface area (Å²) in [5, 5.41) is 1.18. The van der Waals surface area contributed by atoms with E-state index in [-0.39, 0.29) is 0 Å². The van der Waals surface area contributed by atoms with Crippen molar-refractivity contribution in [1.29, 1.82) is 0 Å². The van der Waals surface area contributed by atoms with Crippen LogP contribution in [0.1, 0.15) is 5.69 Å². The van der Waals surface area contributed by atoms with Crippen molar-refractivity contribution >= 4 is 10.9 Å². The molecule has 0 spiro atoms. The predicted octanol–water partition coefficient (Wildman–Crippen LogP) is 2.81. The Morgan fingerprint density at radius 1 is 1.43 bits per heavy atom. The molecule has 1 heteroatoms. The highest BCUT2D eigenvalue weighted by Gasteiger charge is 2.03. The zero-order chi connectivity index (χ0) is 9.97. The van der Waals surface area contributed by atoms with Crippen LogP contribution in [0.25, 0.3) is 10.9 Å². The fraction of sp³-hybridized carbons (Fsp3) is 0.0769. The van der Waals surface area contributed by atoms with Crippen LogP contribution >= 0.6 is 0 Å². The molecule has 0 saturated heterocycles. The van der Waals surface area contributed by atoms with Crippen LogP contribution in [0.15, 0.2) is 43.0 Å². The summed E-state index contributed by atoms with van der Waals surface area (Å²) in [6.45, 7) is 4.49. The van der Waals surface area contributed by atoms with Crippen molar-refractivity contribution < 1.29 is 0 Å². The monoisotopic (exact) mass is 181 g/mol. The lowest BCUT2D eigenvalue weighted by Crippen LogP contribution is -1.96. The van der Waals surface area contributed by atoms with Crippen molar-refractivity contribution in [3.63, 3.8) is 0 Å². The number of allylic oxidation sites excluding steroid dienone is 1. The molecule has 1 aromatic carbocycles. The third-order valence-corrected chi connectivity index (χ3v) is 2.27. The molecule has 1 nitrogen and oxygen atoms in total. The smallest absolute Gasteiger partial charge is 0.0930 e. The molecule has 0 aliphatic rings. The minimum atomic E-state index is 0.757. The minimum Gasteiger partial charge on any atom is -0.330 e. The van der Waals surface area contributed by atoms with E-state index in [1.807, 2.05) is 24.3 Å². The molecule has 0 atom stereocenters. The van der Waals surface area contributed by atoms with Gasteiger partial charge in [-0.25, -0.2) is 0 Å². The molecule has 68 valence electrons. The molecule has 0 bridgehead atoms. The van der Waals surface area contributed by atoms with E-state index in [9.17, 15) is 0 Å². The number of terminal acetylenes is 1. The summed E-state index contributed by atoms with van der Waals surface area (Å²) in [6, 6.07) is 10.2. The van der Waals surface area contributed by atoms with Crippen molar-refractivity contribution in [2.75, 3.05) is 0 Å². The van der Waals surface area contributed by atoms with Crippen molar-refractivity contribution in [3.8, 4) is 12.3 Å². The summed E-state index contributed by atoms with van der Waals surface area (Å²) < 4.78 is 2.09. The number of benzene rings is 1. The van der Waals surface area contributed by atoms with Gasteiger partial charge in [0.05, 0.1) is 5.69 Å². The second-order valence-corrected chi connectivity index (χ2v) is 3.13. The molecule has 0 saturated carbocycles. The first kappa shape index (κ1) is 8.65. The van der Waals surface area contributed by atoms with E-state index < -0.39 is 0 Å². The first-order chi connectivity index (χ1) is 6.86. The molecule has 0 radical (unpaired) electrons. The Kier molecular flexibility index (Phi) is 2.12. The molecule has 0 fully saturated rings. The molecule has 14 heavy (non-hydrogen) atoms. The predicted molar refractivity (Wildman–Crippen MR) is 60.1 cm³/mol. The minimum absolute atomic E-state index is 0.757. The van der Waals surface area contributed by atoms with Gasteiger partial charge in [-0.1, -0.05) is 30.2 Å². The molecule has 0 amide bonds. The number of hydrogen-bond donors (Lipinski definition) is 0. The number of para-hydroxylation sites is 1. The maximum Gasteiger partial charge on any atom is 0.0930 e. The van der Waals surface area contributed by atoms with Gasteiger partial charge < -0.3 is 4.57 Å². The van der Waals surface area contributed by atoms with Gasteiger partial charge in [-0.05, 0) is 12.1 Å². The first-order valence-electron chi connectivity index (χ1n) is 4.52. The van der Waals surface area contributed by atoms with Crippen molar-refractivity contribution in [1.82, 2.24) is 4.57 Å². The molecule has 2 aromatic rings. The molecule has 1 heterocycles. The molecular weight excluding hydrogens is 170 g/mol. The van der Waals surface area contributed by atoms with Gasteiger partial charge in [0.1, 0.15) is 0 Å². The zero-order valence-electron chi connectivity index (χ0n) is 7.90. The maximum absolute atomic E-state index is 5.44. The van der Waals surface area contributed by atoms with E-state index >= 15 is 0 Å². The van der Waals surface area contributed by atoms with E-state index in [1.165, 1.54) is 10.9 Å². The summed E-state index contributed by atoms with van der Waals surface area (Å²) in [4.78, 5) is 0. The van der Waals surface area contributed by atoms with Gasteiger partial charge in [0.25, 0.3) is 0 Å². The van der Waals surface area contributed by atoms with Gasteiger partial charge >= 0.3 is 0 Å². The van der Waals surface area contributed by atoms with Crippen LogP contribution in [-0.4, -0.2) is 4.57 Å². The highest BCUT2D eigenvalue weighted by Crippen LogP contribution is 2.18. The molecule has 0 aliphatic carbocycles. The van der Waals surface area contributed by atoms with Gasteiger partial charge in [0.2, 0.25) is 0 Å². The van der Waals surface area contributed by atoms with Crippen LogP contribution in [0.5, 0.6) is 0 Å². The van der Waals surface area contributed by atoms with E-state index in [2.05, 4.69) is 29.2 Å². The highest BCUT2D eigenvalue weighted by molar-refractivity contribution is 5.82. The van der Waals surface area contributed by atoms with Crippen molar-refractivity contribution in [3.05, 3.63) is 48.7 Å². The second kappa shape index (κ2) is 3.43. The van der Waals surface area contributed by atoms with Crippen LogP contribution in [0.3, 0.4) is 0 Å². The largest absolute Gasteiger partial charge is 0.330 e. The summed E-state index contributed by atoms with van der Waals surface area (Å²) in [7, 11) is 0. The summed E-state index contributed by atoms with van der Waals surface area (Å²) in [5.74, 6) is 2.68. The van der Waals surface area contributed by atoms with Gasteiger partial charge in [-0.3, -0.25) is 0 Å². The lowest BCUT2D eigenvalue weighted by molar-refractivity contribution is 0.853. The SMILES string of the molecule is C#Cc1cc2ccccc2n1CC=C. The maximum atomic E-state index is 5.44. The Morgan fingerprint density at radius 3 is 2.93 bits per heavy atom. The Hall–Kier alpha value is -1.94.